The van der Waals surface area contributed by atoms with Crippen molar-refractivity contribution < 1.29 is 34.4 Å². The summed E-state index contributed by atoms with van der Waals surface area (Å²) in [7, 11) is 0. The maximum absolute atomic E-state index is 13.7. The summed E-state index contributed by atoms with van der Waals surface area (Å²) >= 11 is 0. The van der Waals surface area contributed by atoms with E-state index >= 15 is 0 Å². The molecule has 0 radical (unpaired) electrons. The van der Waals surface area contributed by atoms with Gasteiger partial charge in [-0.1, -0.05) is 26.8 Å². The molecule has 32 heavy (non-hydrogen) atoms. The lowest BCUT2D eigenvalue weighted by atomic mass is 9.39. The molecule has 2 aliphatic carbocycles. The van der Waals surface area contributed by atoms with Crippen molar-refractivity contribution in [3.63, 3.8) is 0 Å². The van der Waals surface area contributed by atoms with Crippen LogP contribution in [0.15, 0.2) is 12.7 Å². The number of aliphatic hydroxyl groups is 3. The van der Waals surface area contributed by atoms with Crippen molar-refractivity contribution in [2.24, 2.45) is 22.5 Å². The molecule has 0 aromatic carbocycles. The van der Waals surface area contributed by atoms with Crippen molar-refractivity contribution in [1.82, 2.24) is 0 Å². The van der Waals surface area contributed by atoms with Crippen molar-refractivity contribution in [2.45, 2.75) is 108 Å². The Bertz CT molecular complexity index is 835. The van der Waals surface area contributed by atoms with E-state index < -0.39 is 69.2 Å². The van der Waals surface area contributed by atoms with Gasteiger partial charge in [0.25, 0.3) is 0 Å². The predicted octanol–water partition coefficient (Wildman–Crippen LogP) is 1.24. The second kappa shape index (κ2) is 7.09. The molecule has 1 aliphatic heterocycles. The minimum Gasteiger partial charge on any atom is -0.460 e. The van der Waals surface area contributed by atoms with Crippen molar-refractivity contribution in [1.29, 1.82) is 0 Å². The van der Waals surface area contributed by atoms with Crippen LogP contribution in [0, 0.1) is 16.7 Å². The molecule has 1 saturated heterocycles. The van der Waals surface area contributed by atoms with Gasteiger partial charge in [0.05, 0.1) is 11.7 Å². The first kappa shape index (κ1) is 25.3. The van der Waals surface area contributed by atoms with Gasteiger partial charge in [0.1, 0.15) is 23.3 Å². The summed E-state index contributed by atoms with van der Waals surface area (Å²) in [5.41, 5.74) is -2.62. The van der Waals surface area contributed by atoms with E-state index in [0.29, 0.717) is 12.8 Å². The predicted molar refractivity (Wildman–Crippen MR) is 117 cm³/mol. The fraction of sp³-hybridized carbons (Fsp3) is 0.833. The van der Waals surface area contributed by atoms with Crippen LogP contribution in [0.25, 0.3) is 0 Å². The molecule has 3 aliphatic rings. The normalized spacial score (nSPS) is 48.4. The van der Waals surface area contributed by atoms with Gasteiger partial charge in [-0.05, 0) is 46.0 Å². The van der Waals surface area contributed by atoms with Crippen molar-refractivity contribution in [3.05, 3.63) is 12.7 Å². The Morgan fingerprint density at radius 3 is 2.31 bits per heavy atom. The standard InChI is InChI=1S/C24H39NO7/c1-9-21(6)12-13(26)24(30)22(7)14(31-18(29)20(4,5)25)10-11-19(2,3)16(22)15(27)17(28)23(24,8)32-21/h9,14-17,27-28,30H,1,10-12,25H2,2-8H3/t14-,15-,16-,17-,21-,22-,23+,24-/m0/s1. The Morgan fingerprint density at radius 2 is 1.81 bits per heavy atom. The fourth-order valence-corrected chi connectivity index (χ4v) is 6.76. The van der Waals surface area contributed by atoms with Crippen molar-refractivity contribution >= 4 is 11.8 Å². The molecule has 3 fully saturated rings. The maximum Gasteiger partial charge on any atom is 0.325 e. The molecular weight excluding hydrogens is 414 g/mol. The first-order chi connectivity index (χ1) is 14.3. The lowest BCUT2D eigenvalue weighted by molar-refractivity contribution is -0.370. The number of Topliss-reactive ketones (excluding diaryl/α,β-unsaturated/α-hetero) is 1. The van der Waals surface area contributed by atoms with Crippen LogP contribution < -0.4 is 5.73 Å². The topological polar surface area (TPSA) is 139 Å². The van der Waals surface area contributed by atoms with Crippen LogP contribution >= 0.6 is 0 Å². The van der Waals surface area contributed by atoms with Crippen LogP contribution in [0.5, 0.6) is 0 Å². The number of carbonyl (C=O) groups excluding carboxylic acids is 2. The molecule has 1 heterocycles. The molecule has 0 bridgehead atoms. The number of ketones is 1. The molecule has 8 heteroatoms. The highest BCUT2D eigenvalue weighted by Gasteiger charge is 2.81. The van der Waals surface area contributed by atoms with Gasteiger partial charge in [-0.3, -0.25) is 9.59 Å². The quantitative estimate of drug-likeness (QED) is 0.370. The van der Waals surface area contributed by atoms with E-state index in [-0.39, 0.29) is 6.42 Å². The largest absolute Gasteiger partial charge is 0.460 e. The van der Waals surface area contributed by atoms with E-state index in [0.717, 1.165) is 0 Å². The molecule has 0 unspecified atom stereocenters. The number of rotatable bonds is 3. The van der Waals surface area contributed by atoms with Crippen LogP contribution in [0.3, 0.4) is 0 Å². The number of fused-ring (bicyclic) bond motifs is 3. The van der Waals surface area contributed by atoms with Gasteiger partial charge in [0, 0.05) is 17.8 Å². The van der Waals surface area contributed by atoms with Crippen LogP contribution in [-0.2, 0) is 19.1 Å². The summed E-state index contributed by atoms with van der Waals surface area (Å²) in [6, 6.07) is 0. The number of aliphatic hydroxyl groups excluding tert-OH is 2. The highest BCUT2D eigenvalue weighted by atomic mass is 16.6. The van der Waals surface area contributed by atoms with Crippen molar-refractivity contribution in [2.75, 3.05) is 0 Å². The molecule has 0 aromatic heterocycles. The molecule has 8 nitrogen and oxygen atoms in total. The van der Waals surface area contributed by atoms with Crippen LogP contribution in [0.2, 0.25) is 0 Å². The third kappa shape index (κ3) is 3.06. The zero-order valence-corrected chi connectivity index (χ0v) is 20.3. The number of hydrogen-bond acceptors (Lipinski definition) is 8. The minimum atomic E-state index is -2.24. The van der Waals surface area contributed by atoms with E-state index in [1.54, 1.807) is 13.8 Å². The van der Waals surface area contributed by atoms with Gasteiger partial charge < -0.3 is 30.5 Å². The second-order valence-corrected chi connectivity index (χ2v) is 11.9. The summed E-state index contributed by atoms with van der Waals surface area (Å²) in [6.45, 7) is 15.4. The highest BCUT2D eigenvalue weighted by Crippen LogP contribution is 2.67. The van der Waals surface area contributed by atoms with E-state index in [4.69, 9.17) is 15.2 Å². The summed E-state index contributed by atoms with van der Waals surface area (Å²) in [4.78, 5) is 26.5. The molecule has 8 atom stereocenters. The monoisotopic (exact) mass is 453 g/mol. The number of hydrogen-bond donors (Lipinski definition) is 4. The van der Waals surface area contributed by atoms with E-state index in [1.807, 2.05) is 13.8 Å². The van der Waals surface area contributed by atoms with Gasteiger partial charge in [0.2, 0.25) is 0 Å². The van der Waals surface area contributed by atoms with Gasteiger partial charge >= 0.3 is 5.97 Å². The molecule has 3 rings (SSSR count). The Hall–Kier alpha value is -1.32. The summed E-state index contributed by atoms with van der Waals surface area (Å²) < 4.78 is 12.1. The number of carbonyl (C=O) groups is 2. The zero-order chi connectivity index (χ0) is 24.7. The molecule has 0 amide bonds. The second-order valence-electron chi connectivity index (χ2n) is 11.9. The van der Waals surface area contributed by atoms with E-state index in [1.165, 1.54) is 26.8 Å². The first-order valence-corrected chi connectivity index (χ1v) is 11.3. The average molecular weight is 454 g/mol. The van der Waals surface area contributed by atoms with Gasteiger partial charge in [-0.2, -0.15) is 0 Å². The van der Waals surface area contributed by atoms with Crippen LogP contribution in [0.1, 0.15) is 67.7 Å². The first-order valence-electron chi connectivity index (χ1n) is 11.3. The van der Waals surface area contributed by atoms with E-state index in [9.17, 15) is 24.9 Å². The number of esters is 1. The number of ether oxygens (including phenoxy) is 2. The Morgan fingerprint density at radius 1 is 1.25 bits per heavy atom. The third-order valence-corrected chi connectivity index (χ3v) is 8.50. The minimum absolute atomic E-state index is 0.169. The maximum atomic E-state index is 13.7. The van der Waals surface area contributed by atoms with Crippen molar-refractivity contribution in [3.8, 4) is 0 Å². The Balaban J connectivity index is 2.26. The third-order valence-electron chi connectivity index (χ3n) is 8.50. The lowest BCUT2D eigenvalue weighted by Crippen LogP contribution is -2.86. The van der Waals surface area contributed by atoms with Gasteiger partial charge in [-0.15, -0.1) is 6.58 Å². The molecule has 0 spiro atoms. The smallest absolute Gasteiger partial charge is 0.325 e. The molecule has 5 N–H and O–H groups in total. The van der Waals surface area contributed by atoms with Crippen LogP contribution in [-0.4, -0.2) is 67.7 Å². The zero-order valence-electron chi connectivity index (χ0n) is 20.3. The Kier molecular flexibility index (Phi) is 5.61. The lowest BCUT2D eigenvalue weighted by Gasteiger charge is -2.71. The van der Waals surface area contributed by atoms with Gasteiger partial charge in [0.15, 0.2) is 11.4 Å². The highest BCUT2D eigenvalue weighted by molar-refractivity contribution is 5.92. The molecular formula is C24H39NO7. The molecule has 0 aromatic rings. The van der Waals surface area contributed by atoms with E-state index in [2.05, 4.69) is 6.58 Å². The summed E-state index contributed by atoms with van der Waals surface area (Å²) in [5, 5.41) is 35.0. The molecule has 2 saturated carbocycles. The van der Waals surface area contributed by atoms with Gasteiger partial charge in [-0.25, -0.2) is 0 Å². The fourth-order valence-electron chi connectivity index (χ4n) is 6.76. The SMILES string of the molecule is C=C[C@@]1(C)CC(=O)[C@]2(O)[C@@]3(C)[C@@H](OC(=O)C(C)(C)N)CCC(C)(C)[C@@H]3[C@H](O)[C@H](O)[C@@]2(C)O1. The van der Waals surface area contributed by atoms with Crippen LogP contribution in [0.4, 0.5) is 0 Å². The summed E-state index contributed by atoms with van der Waals surface area (Å²) in [6.07, 6.45) is -1.63. The summed E-state index contributed by atoms with van der Waals surface area (Å²) in [5.74, 6) is -1.98. The number of nitrogens with two attached hydrogens (primary N) is 1. The molecule has 182 valence electrons. The average Bonchev–Trinajstić information content (AvgIpc) is 2.65. The Labute approximate surface area is 190 Å².